The molecular weight excluding hydrogens is 238 g/mol. The minimum atomic E-state index is 0. The fraction of sp³-hybridized carbons (Fsp3) is 0.455. The predicted molar refractivity (Wildman–Crippen MR) is 70.4 cm³/mol. The summed E-state index contributed by atoms with van der Waals surface area (Å²) in [5, 5.41) is 11.8. The minimum Gasteiger partial charge on any atom is -0.377 e. The number of nitrogens with one attached hydrogen (secondary N) is 1. The second-order valence-corrected chi connectivity index (χ2v) is 3.58. The van der Waals surface area contributed by atoms with Crippen LogP contribution in [0, 0.1) is 0 Å². The number of hydrogen-bond acceptors (Lipinski definition) is 3. The summed E-state index contributed by atoms with van der Waals surface area (Å²) in [5.41, 5.74) is 2.23. The number of halogens is 1. The van der Waals surface area contributed by atoms with Gasteiger partial charge in [0.05, 0.1) is 24.1 Å². The molecule has 2 heterocycles. The topological polar surface area (TPSA) is 47.7 Å². The standard InChI is InChI=1S/C11H17N5.ClH/c1-3-15-9-10(7-14-15)12-8-11-5-6-13-16(11)4-2;/h5-7,9,12H,3-4,8H2,1-2H3;1H. The third-order valence-electron chi connectivity index (χ3n) is 2.53. The van der Waals surface area contributed by atoms with Crippen LogP contribution in [0.15, 0.2) is 24.7 Å². The van der Waals surface area contributed by atoms with E-state index >= 15 is 0 Å². The average molecular weight is 256 g/mol. The number of aryl methyl sites for hydroxylation is 2. The monoisotopic (exact) mass is 255 g/mol. The molecule has 0 atom stereocenters. The maximum atomic E-state index is 4.22. The normalized spacial score (nSPS) is 10.0. The highest BCUT2D eigenvalue weighted by atomic mass is 35.5. The van der Waals surface area contributed by atoms with Gasteiger partial charge in [0.15, 0.2) is 0 Å². The molecule has 0 unspecified atom stereocenters. The molecule has 0 aliphatic rings. The summed E-state index contributed by atoms with van der Waals surface area (Å²) in [6, 6.07) is 2.03. The third kappa shape index (κ3) is 3.23. The molecular formula is C11H18ClN5. The largest absolute Gasteiger partial charge is 0.377 e. The van der Waals surface area contributed by atoms with E-state index in [1.807, 2.05) is 34.0 Å². The zero-order valence-corrected chi connectivity index (χ0v) is 10.9. The zero-order valence-electron chi connectivity index (χ0n) is 10.1. The predicted octanol–water partition coefficient (Wildman–Crippen LogP) is 2.15. The van der Waals surface area contributed by atoms with Crippen LogP contribution in [0.2, 0.25) is 0 Å². The summed E-state index contributed by atoms with van der Waals surface area (Å²) in [5.74, 6) is 0. The highest BCUT2D eigenvalue weighted by Crippen LogP contribution is 2.07. The van der Waals surface area contributed by atoms with Crippen LogP contribution in [0.4, 0.5) is 5.69 Å². The molecule has 2 rings (SSSR count). The Labute approximate surface area is 107 Å². The molecule has 0 aliphatic carbocycles. The average Bonchev–Trinajstić information content (AvgIpc) is 2.94. The fourth-order valence-corrected chi connectivity index (χ4v) is 1.62. The van der Waals surface area contributed by atoms with E-state index < -0.39 is 0 Å². The SMILES string of the molecule is CCn1cc(NCc2ccnn2CC)cn1.Cl. The van der Waals surface area contributed by atoms with E-state index in [2.05, 4.69) is 29.4 Å². The Morgan fingerprint density at radius 2 is 2.06 bits per heavy atom. The summed E-state index contributed by atoms with van der Waals surface area (Å²) in [6.07, 6.45) is 5.68. The quantitative estimate of drug-likeness (QED) is 0.891. The highest BCUT2D eigenvalue weighted by molar-refractivity contribution is 5.85. The molecule has 0 amide bonds. The van der Waals surface area contributed by atoms with Gasteiger partial charge in [0, 0.05) is 25.5 Å². The van der Waals surface area contributed by atoms with Gasteiger partial charge in [-0.3, -0.25) is 9.36 Å². The maximum absolute atomic E-state index is 4.22. The van der Waals surface area contributed by atoms with Crippen LogP contribution in [-0.4, -0.2) is 19.6 Å². The van der Waals surface area contributed by atoms with Gasteiger partial charge >= 0.3 is 0 Å². The van der Waals surface area contributed by atoms with Crippen LogP contribution >= 0.6 is 12.4 Å². The van der Waals surface area contributed by atoms with Crippen molar-refractivity contribution in [1.82, 2.24) is 19.6 Å². The number of aromatic nitrogens is 4. The Morgan fingerprint density at radius 3 is 2.71 bits per heavy atom. The lowest BCUT2D eigenvalue weighted by atomic mass is 10.4. The summed E-state index contributed by atoms with van der Waals surface area (Å²) in [7, 11) is 0. The maximum Gasteiger partial charge on any atom is 0.0729 e. The van der Waals surface area contributed by atoms with Crippen LogP contribution < -0.4 is 5.32 Å². The van der Waals surface area contributed by atoms with Crippen molar-refractivity contribution >= 4 is 18.1 Å². The summed E-state index contributed by atoms with van der Waals surface area (Å²) >= 11 is 0. The molecule has 2 aromatic heterocycles. The summed E-state index contributed by atoms with van der Waals surface area (Å²) < 4.78 is 3.89. The van der Waals surface area contributed by atoms with E-state index in [-0.39, 0.29) is 12.4 Å². The van der Waals surface area contributed by atoms with Crippen molar-refractivity contribution in [2.45, 2.75) is 33.5 Å². The molecule has 0 fully saturated rings. The Bertz CT molecular complexity index is 448. The van der Waals surface area contributed by atoms with Crippen molar-refractivity contribution in [2.24, 2.45) is 0 Å². The van der Waals surface area contributed by atoms with Crippen LogP contribution in [0.25, 0.3) is 0 Å². The van der Waals surface area contributed by atoms with Gasteiger partial charge in [-0.2, -0.15) is 10.2 Å². The molecule has 0 aliphatic heterocycles. The molecule has 5 nitrogen and oxygen atoms in total. The lowest BCUT2D eigenvalue weighted by Gasteiger charge is -2.05. The van der Waals surface area contributed by atoms with Crippen LogP contribution in [0.1, 0.15) is 19.5 Å². The Kier molecular flexibility index (Phi) is 5.03. The lowest BCUT2D eigenvalue weighted by Crippen LogP contribution is -2.07. The molecule has 0 saturated carbocycles. The second kappa shape index (κ2) is 6.30. The molecule has 0 aromatic carbocycles. The van der Waals surface area contributed by atoms with Gasteiger partial charge in [-0.25, -0.2) is 0 Å². The van der Waals surface area contributed by atoms with E-state index in [1.54, 1.807) is 0 Å². The second-order valence-electron chi connectivity index (χ2n) is 3.58. The minimum absolute atomic E-state index is 0. The van der Waals surface area contributed by atoms with Gasteiger partial charge in [0.25, 0.3) is 0 Å². The van der Waals surface area contributed by atoms with E-state index in [0.717, 1.165) is 25.3 Å². The first-order chi connectivity index (χ1) is 7.83. The van der Waals surface area contributed by atoms with Gasteiger partial charge < -0.3 is 5.32 Å². The van der Waals surface area contributed by atoms with Gasteiger partial charge in [0.2, 0.25) is 0 Å². The van der Waals surface area contributed by atoms with E-state index in [1.165, 1.54) is 5.69 Å². The highest BCUT2D eigenvalue weighted by Gasteiger charge is 2.01. The Balaban J connectivity index is 0.00000144. The van der Waals surface area contributed by atoms with E-state index in [4.69, 9.17) is 0 Å². The van der Waals surface area contributed by atoms with Crippen molar-refractivity contribution in [1.29, 1.82) is 0 Å². The van der Waals surface area contributed by atoms with Gasteiger partial charge in [-0.05, 0) is 19.9 Å². The van der Waals surface area contributed by atoms with Crippen LogP contribution in [-0.2, 0) is 19.6 Å². The summed E-state index contributed by atoms with van der Waals surface area (Å²) in [6.45, 7) is 6.74. The van der Waals surface area contributed by atoms with E-state index in [0.29, 0.717) is 0 Å². The molecule has 6 heteroatoms. The number of anilines is 1. The summed E-state index contributed by atoms with van der Waals surface area (Å²) in [4.78, 5) is 0. The van der Waals surface area contributed by atoms with Crippen molar-refractivity contribution in [2.75, 3.05) is 5.32 Å². The van der Waals surface area contributed by atoms with Crippen molar-refractivity contribution in [3.05, 3.63) is 30.4 Å². The molecule has 0 bridgehead atoms. The number of nitrogens with zero attached hydrogens (tertiary/aromatic N) is 4. The first kappa shape index (κ1) is 13.6. The van der Waals surface area contributed by atoms with Crippen LogP contribution in [0.5, 0.6) is 0 Å². The number of rotatable bonds is 5. The zero-order chi connectivity index (χ0) is 11.4. The number of hydrogen-bond donors (Lipinski definition) is 1. The van der Waals surface area contributed by atoms with Crippen molar-refractivity contribution in [3.63, 3.8) is 0 Å². The smallest absolute Gasteiger partial charge is 0.0729 e. The van der Waals surface area contributed by atoms with Crippen molar-refractivity contribution in [3.8, 4) is 0 Å². The Morgan fingerprint density at radius 1 is 1.24 bits per heavy atom. The van der Waals surface area contributed by atoms with Crippen molar-refractivity contribution < 1.29 is 0 Å². The van der Waals surface area contributed by atoms with Gasteiger partial charge in [-0.15, -0.1) is 12.4 Å². The third-order valence-corrected chi connectivity index (χ3v) is 2.53. The van der Waals surface area contributed by atoms with E-state index in [9.17, 15) is 0 Å². The molecule has 2 aromatic rings. The first-order valence-electron chi connectivity index (χ1n) is 5.60. The fourth-order valence-electron chi connectivity index (χ4n) is 1.62. The molecule has 0 saturated heterocycles. The molecule has 0 spiro atoms. The molecule has 94 valence electrons. The Hall–Kier alpha value is -1.49. The lowest BCUT2D eigenvalue weighted by molar-refractivity contribution is 0.627. The van der Waals surface area contributed by atoms with Crippen LogP contribution in [0.3, 0.4) is 0 Å². The van der Waals surface area contributed by atoms with Gasteiger partial charge in [-0.1, -0.05) is 0 Å². The molecule has 1 N–H and O–H groups in total. The first-order valence-corrected chi connectivity index (χ1v) is 5.60. The molecule has 0 radical (unpaired) electrons. The molecule has 17 heavy (non-hydrogen) atoms. The van der Waals surface area contributed by atoms with Gasteiger partial charge in [0.1, 0.15) is 0 Å².